The summed E-state index contributed by atoms with van der Waals surface area (Å²) in [6.07, 6.45) is 15.1. The molecule has 1 heterocycles. The van der Waals surface area contributed by atoms with Crippen LogP contribution in [0.4, 0.5) is 0 Å². The molecule has 0 radical (unpaired) electrons. The Bertz CT molecular complexity index is 507. The molecule has 26 heavy (non-hydrogen) atoms. The van der Waals surface area contributed by atoms with Crippen LogP contribution < -0.4 is 5.73 Å². The van der Waals surface area contributed by atoms with Crippen molar-refractivity contribution in [1.82, 2.24) is 4.90 Å². The maximum atomic E-state index is 13.3. The molecule has 3 rings (SSSR count). The molecule has 5 heteroatoms. The van der Waals surface area contributed by atoms with Gasteiger partial charge >= 0.3 is 0 Å². The van der Waals surface area contributed by atoms with Crippen molar-refractivity contribution in [3.8, 4) is 0 Å². The van der Waals surface area contributed by atoms with Gasteiger partial charge in [0.15, 0.2) is 5.96 Å². The molecular formula is C21H37N3O2. The third kappa shape index (κ3) is 4.59. The summed E-state index contributed by atoms with van der Waals surface area (Å²) >= 11 is 0. The molecule has 0 aromatic heterocycles. The molecule has 5 nitrogen and oxygen atoms in total. The lowest BCUT2D eigenvalue weighted by atomic mass is 9.75. The molecule has 0 spiro atoms. The molecule has 2 saturated carbocycles. The molecule has 0 aromatic rings. The molecule has 0 saturated heterocycles. The second-order valence-electron chi connectivity index (χ2n) is 9.02. The number of nitrogens with two attached hydrogens (primary N) is 1. The van der Waals surface area contributed by atoms with Gasteiger partial charge in [0, 0.05) is 0 Å². The normalized spacial score (nSPS) is 29.8. The third-order valence-electron chi connectivity index (χ3n) is 6.74. The zero-order valence-corrected chi connectivity index (χ0v) is 16.5. The van der Waals surface area contributed by atoms with E-state index in [2.05, 4.69) is 0 Å². The van der Waals surface area contributed by atoms with E-state index in [-0.39, 0.29) is 12.5 Å². The van der Waals surface area contributed by atoms with Crippen molar-refractivity contribution in [3.63, 3.8) is 0 Å². The van der Waals surface area contributed by atoms with E-state index in [1.807, 2.05) is 0 Å². The van der Waals surface area contributed by atoms with Crippen molar-refractivity contribution >= 4 is 11.9 Å². The van der Waals surface area contributed by atoms with Crippen LogP contribution in [0.5, 0.6) is 0 Å². The summed E-state index contributed by atoms with van der Waals surface area (Å²) in [4.78, 5) is 19.6. The van der Waals surface area contributed by atoms with Crippen LogP contribution in [0.15, 0.2) is 4.99 Å². The Balaban J connectivity index is 1.73. The molecule has 0 aromatic carbocycles. The van der Waals surface area contributed by atoms with Crippen molar-refractivity contribution in [1.29, 1.82) is 0 Å². The van der Waals surface area contributed by atoms with Crippen molar-refractivity contribution in [3.05, 3.63) is 0 Å². The van der Waals surface area contributed by atoms with E-state index in [9.17, 15) is 9.90 Å². The van der Waals surface area contributed by atoms with Gasteiger partial charge in [-0.05, 0) is 38.0 Å². The largest absolute Gasteiger partial charge is 0.392 e. The number of carbonyl (C=O) groups is 1. The van der Waals surface area contributed by atoms with Crippen LogP contribution in [0.1, 0.15) is 90.4 Å². The number of aliphatic imine (C=N–C) groups is 1. The summed E-state index contributed by atoms with van der Waals surface area (Å²) < 4.78 is 0. The Morgan fingerprint density at radius 2 is 1.69 bits per heavy atom. The average molecular weight is 364 g/mol. The standard InChI is InChI=1S/C21H37N3O2/c1-16(25)15-24-19(26)21(23-20(24)22,14-18-10-6-3-7-11-18)13-12-17-8-4-2-5-9-17/h16-18,25H,2-15H2,1H3,(H2,22,23)/t16-,21?/m1/s1. The number of β-amino-alcohol motifs (C(OH)–C–C–N with tert-alkyl or cyclic N) is 1. The number of aliphatic hydroxyl groups excluding tert-OH is 1. The highest BCUT2D eigenvalue weighted by molar-refractivity contribution is 6.06. The Hall–Kier alpha value is -1.10. The molecule has 0 bridgehead atoms. The van der Waals surface area contributed by atoms with Crippen LogP contribution in [0.3, 0.4) is 0 Å². The van der Waals surface area contributed by atoms with E-state index in [1.54, 1.807) is 6.92 Å². The first-order valence-corrected chi connectivity index (χ1v) is 10.9. The number of aliphatic hydroxyl groups is 1. The lowest BCUT2D eigenvalue weighted by molar-refractivity contribution is -0.133. The fourth-order valence-electron chi connectivity index (χ4n) is 5.31. The summed E-state index contributed by atoms with van der Waals surface area (Å²) in [7, 11) is 0. The maximum absolute atomic E-state index is 13.3. The average Bonchev–Trinajstić information content (AvgIpc) is 2.86. The monoisotopic (exact) mass is 363 g/mol. The third-order valence-corrected chi connectivity index (χ3v) is 6.74. The van der Waals surface area contributed by atoms with Crippen molar-refractivity contribution in [2.75, 3.05) is 6.54 Å². The lowest BCUT2D eigenvalue weighted by Gasteiger charge is -2.33. The molecule has 3 N–H and O–H groups in total. The SMILES string of the molecule is C[C@@H](O)CN1C(=O)C(CCC2CCCCC2)(CC2CCCCC2)N=C1N. The number of rotatable bonds is 7. The summed E-state index contributed by atoms with van der Waals surface area (Å²) in [6.45, 7) is 1.95. The van der Waals surface area contributed by atoms with Gasteiger partial charge in [-0.25, -0.2) is 4.99 Å². The van der Waals surface area contributed by atoms with Gasteiger partial charge in [-0.3, -0.25) is 9.69 Å². The first kappa shape index (κ1) is 19.7. The van der Waals surface area contributed by atoms with Gasteiger partial charge in [-0.15, -0.1) is 0 Å². The van der Waals surface area contributed by atoms with Crippen molar-refractivity contribution in [2.24, 2.45) is 22.6 Å². The zero-order valence-electron chi connectivity index (χ0n) is 16.5. The van der Waals surface area contributed by atoms with Crippen LogP contribution in [-0.2, 0) is 4.79 Å². The maximum Gasteiger partial charge on any atom is 0.257 e. The Morgan fingerprint density at radius 3 is 2.27 bits per heavy atom. The van der Waals surface area contributed by atoms with Gasteiger partial charge in [-0.1, -0.05) is 64.2 Å². The molecule has 1 aliphatic heterocycles. The Labute approximate surface area is 158 Å². The number of nitrogens with zero attached hydrogens (tertiary/aromatic N) is 2. The molecule has 1 amide bonds. The van der Waals surface area contributed by atoms with Gasteiger partial charge in [-0.2, -0.15) is 0 Å². The molecule has 2 fully saturated rings. The van der Waals surface area contributed by atoms with E-state index < -0.39 is 11.6 Å². The number of guanidine groups is 1. The van der Waals surface area contributed by atoms with Crippen LogP contribution in [0.2, 0.25) is 0 Å². The second-order valence-corrected chi connectivity index (χ2v) is 9.02. The molecule has 3 aliphatic rings. The molecule has 2 aliphatic carbocycles. The minimum Gasteiger partial charge on any atom is -0.392 e. The lowest BCUT2D eigenvalue weighted by Crippen LogP contribution is -2.47. The van der Waals surface area contributed by atoms with Crippen molar-refractivity contribution < 1.29 is 9.90 Å². The van der Waals surface area contributed by atoms with E-state index in [0.717, 1.165) is 25.2 Å². The molecule has 2 atom stereocenters. The van der Waals surface area contributed by atoms with E-state index in [1.165, 1.54) is 69.1 Å². The topological polar surface area (TPSA) is 78.9 Å². The predicted octanol–water partition coefficient (Wildman–Crippen LogP) is 3.59. The summed E-state index contributed by atoms with van der Waals surface area (Å²) in [6, 6.07) is 0. The molecule has 148 valence electrons. The number of hydrogen-bond donors (Lipinski definition) is 2. The van der Waals surface area contributed by atoms with Crippen LogP contribution >= 0.6 is 0 Å². The smallest absolute Gasteiger partial charge is 0.257 e. The van der Waals surface area contributed by atoms with Crippen LogP contribution in [0.25, 0.3) is 0 Å². The number of hydrogen-bond acceptors (Lipinski definition) is 4. The Morgan fingerprint density at radius 1 is 1.12 bits per heavy atom. The summed E-state index contributed by atoms with van der Waals surface area (Å²) in [5.74, 6) is 1.68. The first-order valence-electron chi connectivity index (χ1n) is 10.9. The zero-order chi connectivity index (χ0) is 18.6. The molecule has 1 unspecified atom stereocenters. The minimum absolute atomic E-state index is 0.0392. The second kappa shape index (κ2) is 8.73. The Kier molecular flexibility index (Phi) is 6.60. The van der Waals surface area contributed by atoms with Gasteiger partial charge in [0.25, 0.3) is 5.91 Å². The van der Waals surface area contributed by atoms with E-state index >= 15 is 0 Å². The predicted molar refractivity (Wildman–Crippen MR) is 105 cm³/mol. The van der Waals surface area contributed by atoms with E-state index in [0.29, 0.717) is 11.9 Å². The highest BCUT2D eigenvalue weighted by Crippen LogP contribution is 2.40. The van der Waals surface area contributed by atoms with Crippen LogP contribution in [0, 0.1) is 11.8 Å². The quantitative estimate of drug-likeness (QED) is 0.725. The van der Waals surface area contributed by atoms with Crippen LogP contribution in [-0.4, -0.2) is 40.1 Å². The number of carbonyl (C=O) groups excluding carboxylic acids is 1. The fourth-order valence-corrected chi connectivity index (χ4v) is 5.31. The highest BCUT2D eigenvalue weighted by Gasteiger charge is 2.48. The van der Waals surface area contributed by atoms with E-state index in [4.69, 9.17) is 10.7 Å². The number of amides is 1. The van der Waals surface area contributed by atoms with Crippen molar-refractivity contribution in [2.45, 2.75) is 102 Å². The van der Waals surface area contributed by atoms with Gasteiger partial charge in [0.2, 0.25) is 0 Å². The fraction of sp³-hybridized carbons (Fsp3) is 0.905. The summed E-state index contributed by atoms with van der Waals surface area (Å²) in [5.41, 5.74) is 5.48. The first-order chi connectivity index (χ1) is 12.5. The highest BCUT2D eigenvalue weighted by atomic mass is 16.3. The summed E-state index contributed by atoms with van der Waals surface area (Å²) in [5, 5.41) is 9.77. The van der Waals surface area contributed by atoms with Gasteiger partial charge in [0.05, 0.1) is 12.6 Å². The van der Waals surface area contributed by atoms with Gasteiger partial charge in [0.1, 0.15) is 5.54 Å². The minimum atomic E-state index is -0.668. The molecular weight excluding hydrogens is 326 g/mol. The van der Waals surface area contributed by atoms with Gasteiger partial charge < -0.3 is 10.8 Å².